The maximum atomic E-state index is 12.6. The number of piperidine rings is 1. The second kappa shape index (κ2) is 7.25. The topological polar surface area (TPSA) is 63.7 Å². The van der Waals surface area contributed by atoms with E-state index in [2.05, 4.69) is 0 Å². The summed E-state index contributed by atoms with van der Waals surface area (Å²) < 4.78 is 5.38. The average molecular weight is 311 g/mol. The zero-order valence-electron chi connectivity index (χ0n) is 14.6. The molecule has 1 fully saturated rings. The van der Waals surface area contributed by atoms with Crippen molar-refractivity contribution in [3.05, 3.63) is 0 Å². The molecule has 0 bridgehead atoms. The maximum absolute atomic E-state index is 12.6. The summed E-state index contributed by atoms with van der Waals surface area (Å²) in [6, 6.07) is 0. The Hall–Kier alpha value is -1.39. The highest BCUT2D eigenvalue weighted by Gasteiger charge is 2.38. The summed E-state index contributed by atoms with van der Waals surface area (Å²) in [7, 11) is 0. The van der Waals surface area contributed by atoms with E-state index in [0.29, 0.717) is 19.5 Å². The zero-order valence-corrected chi connectivity index (χ0v) is 14.6. The van der Waals surface area contributed by atoms with E-state index in [4.69, 9.17) is 4.74 Å². The van der Waals surface area contributed by atoms with Crippen molar-refractivity contribution in [3.8, 4) is 0 Å². The van der Waals surface area contributed by atoms with Crippen LogP contribution in [0.15, 0.2) is 0 Å². The first-order valence-corrected chi connectivity index (χ1v) is 8.09. The number of ketones is 2. The van der Waals surface area contributed by atoms with Gasteiger partial charge in [0.05, 0.1) is 5.92 Å². The Bertz CT molecular complexity index is 438. The predicted molar refractivity (Wildman–Crippen MR) is 84.5 cm³/mol. The molecule has 1 aliphatic heterocycles. The predicted octanol–water partition coefficient (Wildman–Crippen LogP) is 3.06. The molecule has 1 amide bonds. The van der Waals surface area contributed by atoms with E-state index in [0.717, 1.165) is 6.42 Å². The van der Waals surface area contributed by atoms with Gasteiger partial charge in [-0.3, -0.25) is 9.59 Å². The number of hydrogen-bond acceptors (Lipinski definition) is 4. The summed E-state index contributed by atoms with van der Waals surface area (Å²) in [6.45, 7) is 11.7. The lowest BCUT2D eigenvalue weighted by atomic mass is 9.78. The number of ether oxygens (including phenoxy) is 1. The minimum atomic E-state index is -0.551. The minimum absolute atomic E-state index is 0.0317. The van der Waals surface area contributed by atoms with Crippen LogP contribution in [-0.2, 0) is 14.3 Å². The SMILES string of the molecule is CCC(C(C)=O)C(=O)[C@H]1CN(C(=O)OC(C)(C)C)CC[C@H]1C. The molecule has 22 heavy (non-hydrogen) atoms. The minimum Gasteiger partial charge on any atom is -0.444 e. The summed E-state index contributed by atoms with van der Waals surface area (Å²) in [5.74, 6) is -0.773. The fraction of sp³-hybridized carbons (Fsp3) is 0.824. The van der Waals surface area contributed by atoms with E-state index in [-0.39, 0.29) is 29.5 Å². The second-order valence-electron chi connectivity index (χ2n) is 7.27. The number of rotatable bonds is 4. The first-order valence-electron chi connectivity index (χ1n) is 8.09. The number of hydrogen-bond donors (Lipinski definition) is 0. The van der Waals surface area contributed by atoms with Crippen molar-refractivity contribution in [2.45, 2.75) is 60.0 Å². The van der Waals surface area contributed by atoms with E-state index in [1.807, 2.05) is 34.6 Å². The van der Waals surface area contributed by atoms with E-state index < -0.39 is 11.5 Å². The molecule has 0 aliphatic carbocycles. The molecule has 1 unspecified atom stereocenters. The molecule has 0 aromatic heterocycles. The molecular weight excluding hydrogens is 282 g/mol. The molecule has 1 aliphatic rings. The van der Waals surface area contributed by atoms with Crippen molar-refractivity contribution in [2.24, 2.45) is 17.8 Å². The summed E-state index contributed by atoms with van der Waals surface area (Å²) >= 11 is 0. The first kappa shape index (κ1) is 18.7. The molecule has 0 aromatic rings. The van der Waals surface area contributed by atoms with Crippen LogP contribution in [-0.4, -0.2) is 41.3 Å². The van der Waals surface area contributed by atoms with Crippen LogP contribution in [0.1, 0.15) is 54.4 Å². The Labute approximate surface area is 133 Å². The normalized spacial score (nSPS) is 23.8. The lowest BCUT2D eigenvalue weighted by Crippen LogP contribution is -2.49. The quantitative estimate of drug-likeness (QED) is 0.749. The van der Waals surface area contributed by atoms with Crippen LogP contribution in [0.5, 0.6) is 0 Å². The molecule has 0 saturated carbocycles. The van der Waals surface area contributed by atoms with E-state index >= 15 is 0 Å². The standard InChI is InChI=1S/C17H29NO4/c1-7-13(12(3)19)15(20)14-10-18(9-8-11(14)2)16(21)22-17(4,5)6/h11,13-14H,7-10H2,1-6H3/t11-,13?,14+/m1/s1. The van der Waals surface area contributed by atoms with Gasteiger partial charge in [0.15, 0.2) is 0 Å². The highest BCUT2D eigenvalue weighted by molar-refractivity contribution is 6.02. The summed E-state index contributed by atoms with van der Waals surface area (Å²) in [5, 5.41) is 0. The van der Waals surface area contributed by atoms with Gasteiger partial charge in [0.25, 0.3) is 0 Å². The van der Waals surface area contributed by atoms with Gasteiger partial charge in [-0.2, -0.15) is 0 Å². The van der Waals surface area contributed by atoms with Gasteiger partial charge >= 0.3 is 6.09 Å². The van der Waals surface area contributed by atoms with Crippen molar-refractivity contribution in [1.82, 2.24) is 4.90 Å². The van der Waals surface area contributed by atoms with E-state index in [1.54, 1.807) is 4.90 Å². The van der Waals surface area contributed by atoms with E-state index in [1.165, 1.54) is 6.92 Å². The van der Waals surface area contributed by atoms with E-state index in [9.17, 15) is 14.4 Å². The Morgan fingerprint density at radius 1 is 1.27 bits per heavy atom. The van der Waals surface area contributed by atoms with Gasteiger partial charge in [-0.1, -0.05) is 13.8 Å². The van der Waals surface area contributed by atoms with Crippen LogP contribution in [0.4, 0.5) is 4.79 Å². The molecule has 1 heterocycles. The molecule has 0 N–H and O–H groups in total. The lowest BCUT2D eigenvalue weighted by molar-refractivity contribution is -0.136. The molecule has 0 radical (unpaired) electrons. The molecule has 5 nitrogen and oxygen atoms in total. The molecule has 5 heteroatoms. The third-order valence-corrected chi connectivity index (χ3v) is 4.22. The Morgan fingerprint density at radius 3 is 2.32 bits per heavy atom. The van der Waals surface area contributed by atoms with Gasteiger partial charge in [-0.15, -0.1) is 0 Å². The Kier molecular flexibility index (Phi) is 6.15. The lowest BCUT2D eigenvalue weighted by Gasteiger charge is -2.37. The van der Waals surface area contributed by atoms with Crippen molar-refractivity contribution in [3.63, 3.8) is 0 Å². The van der Waals surface area contributed by atoms with Crippen molar-refractivity contribution in [2.75, 3.05) is 13.1 Å². The fourth-order valence-electron chi connectivity index (χ4n) is 2.88. The number of Topliss-reactive ketones (excluding diaryl/α,β-unsaturated/α-hetero) is 2. The smallest absolute Gasteiger partial charge is 0.410 e. The highest BCUT2D eigenvalue weighted by atomic mass is 16.6. The summed E-state index contributed by atoms with van der Waals surface area (Å²) in [4.78, 5) is 38.1. The molecule has 3 atom stereocenters. The molecule has 126 valence electrons. The van der Waals surface area contributed by atoms with Gasteiger partial charge in [0.2, 0.25) is 0 Å². The summed E-state index contributed by atoms with van der Waals surface area (Å²) in [6.07, 6.45) is 0.890. The average Bonchev–Trinajstić information content (AvgIpc) is 2.37. The van der Waals surface area contributed by atoms with Gasteiger partial charge in [0.1, 0.15) is 17.2 Å². The van der Waals surface area contributed by atoms with Crippen LogP contribution in [0.25, 0.3) is 0 Å². The van der Waals surface area contributed by atoms with Gasteiger partial charge in [0, 0.05) is 19.0 Å². The largest absolute Gasteiger partial charge is 0.444 e. The number of nitrogens with zero attached hydrogens (tertiary/aromatic N) is 1. The van der Waals surface area contributed by atoms with Gasteiger partial charge in [-0.25, -0.2) is 4.79 Å². The Morgan fingerprint density at radius 2 is 1.86 bits per heavy atom. The van der Waals surface area contributed by atoms with Crippen LogP contribution >= 0.6 is 0 Å². The van der Waals surface area contributed by atoms with Gasteiger partial charge < -0.3 is 9.64 Å². The first-order chi connectivity index (χ1) is 10.1. The number of carbonyl (C=O) groups excluding carboxylic acids is 3. The molecule has 0 aromatic carbocycles. The van der Waals surface area contributed by atoms with Gasteiger partial charge in [-0.05, 0) is 46.5 Å². The number of likely N-dealkylation sites (tertiary alicyclic amines) is 1. The molecule has 1 rings (SSSR count). The third-order valence-electron chi connectivity index (χ3n) is 4.22. The monoisotopic (exact) mass is 311 g/mol. The molecule has 1 saturated heterocycles. The van der Waals surface area contributed by atoms with Crippen LogP contribution in [0, 0.1) is 17.8 Å². The van der Waals surface area contributed by atoms with Crippen molar-refractivity contribution in [1.29, 1.82) is 0 Å². The van der Waals surface area contributed by atoms with Crippen molar-refractivity contribution < 1.29 is 19.1 Å². The van der Waals surface area contributed by atoms with Crippen LogP contribution < -0.4 is 0 Å². The fourth-order valence-corrected chi connectivity index (χ4v) is 2.88. The number of amides is 1. The molecule has 0 spiro atoms. The number of carbonyl (C=O) groups is 3. The second-order valence-corrected chi connectivity index (χ2v) is 7.27. The summed E-state index contributed by atoms with van der Waals surface area (Å²) in [5.41, 5.74) is -0.551. The van der Waals surface area contributed by atoms with Crippen LogP contribution in [0.3, 0.4) is 0 Å². The van der Waals surface area contributed by atoms with Crippen molar-refractivity contribution >= 4 is 17.7 Å². The zero-order chi connectivity index (χ0) is 17.1. The third kappa shape index (κ3) is 4.82. The Balaban J connectivity index is 2.81. The maximum Gasteiger partial charge on any atom is 0.410 e. The van der Waals surface area contributed by atoms with Crippen LogP contribution in [0.2, 0.25) is 0 Å². The highest BCUT2D eigenvalue weighted by Crippen LogP contribution is 2.28. The molecular formula is C17H29NO4.